The molecule has 5 nitrogen and oxygen atoms in total. The number of H-pyrrole nitrogens is 1. The molecule has 3 aromatic heterocycles. The van der Waals surface area contributed by atoms with Crippen LogP contribution in [0.3, 0.4) is 0 Å². The molecule has 0 unspecified atom stereocenters. The van der Waals surface area contributed by atoms with E-state index in [9.17, 15) is 5.11 Å². The number of aromatic hydroxyl groups is 1. The summed E-state index contributed by atoms with van der Waals surface area (Å²) in [5.41, 5.74) is 10.5. The van der Waals surface area contributed by atoms with E-state index in [0.717, 1.165) is 72.3 Å². The van der Waals surface area contributed by atoms with E-state index < -0.39 is 0 Å². The Labute approximate surface area is 258 Å². The van der Waals surface area contributed by atoms with E-state index in [1.807, 2.05) is 30.3 Å². The fourth-order valence-electron chi connectivity index (χ4n) is 6.54. The topological polar surface area (TPSA) is 66.7 Å². The van der Waals surface area contributed by atoms with Crippen molar-refractivity contribution in [2.24, 2.45) is 0 Å². The maximum atomic E-state index is 10.6. The van der Waals surface area contributed by atoms with Gasteiger partial charge in [-0.2, -0.15) is 0 Å². The number of hydrogen-bond acceptors (Lipinski definition) is 3. The second-order valence-electron chi connectivity index (χ2n) is 11.3. The van der Waals surface area contributed by atoms with Gasteiger partial charge in [-0.1, -0.05) is 103 Å². The van der Waals surface area contributed by atoms with Crippen molar-refractivity contribution in [2.75, 3.05) is 0 Å². The number of phenols is 1. The Kier molecular flexibility index (Phi) is 5.59. The summed E-state index contributed by atoms with van der Waals surface area (Å²) in [5, 5.41) is 13.8. The van der Waals surface area contributed by atoms with E-state index in [2.05, 4.69) is 119 Å². The van der Waals surface area contributed by atoms with E-state index in [1.54, 1.807) is 6.07 Å². The average Bonchev–Trinajstić information content (AvgIpc) is 3.68. The number of aromatic nitrogens is 4. The van der Waals surface area contributed by atoms with Crippen molar-refractivity contribution in [3.63, 3.8) is 0 Å². The molecule has 0 spiro atoms. The molecule has 0 bridgehead atoms. The highest BCUT2D eigenvalue weighted by Gasteiger charge is 2.21. The van der Waals surface area contributed by atoms with Crippen LogP contribution in [0.2, 0.25) is 0 Å². The normalized spacial score (nSPS) is 11.6. The summed E-state index contributed by atoms with van der Waals surface area (Å²) in [4.78, 5) is 14.0. The Hall–Kier alpha value is -6.20. The number of hydrogen-bond donors (Lipinski definition) is 2. The highest BCUT2D eigenvalue weighted by atomic mass is 16.3. The first-order valence-electron chi connectivity index (χ1n) is 15.0. The number of phenolic OH excluding ortho intramolecular Hbond substituents is 1. The molecule has 0 aliphatic carbocycles. The molecule has 0 saturated heterocycles. The van der Waals surface area contributed by atoms with Crippen LogP contribution in [-0.4, -0.2) is 24.6 Å². The Morgan fingerprint density at radius 3 is 2.24 bits per heavy atom. The minimum absolute atomic E-state index is 0.163. The third kappa shape index (κ3) is 4.02. The van der Waals surface area contributed by atoms with Crippen LogP contribution in [0, 0.1) is 0 Å². The number of nitrogens with zero attached hydrogens (tertiary/aromatic N) is 3. The van der Waals surface area contributed by atoms with Gasteiger partial charge in [-0.15, -0.1) is 0 Å². The number of para-hydroxylation sites is 4. The lowest BCUT2D eigenvalue weighted by atomic mass is 10.0. The van der Waals surface area contributed by atoms with Crippen molar-refractivity contribution in [3.8, 4) is 45.2 Å². The van der Waals surface area contributed by atoms with Gasteiger partial charge in [0.25, 0.3) is 0 Å². The van der Waals surface area contributed by atoms with Gasteiger partial charge in [0.1, 0.15) is 17.1 Å². The first-order chi connectivity index (χ1) is 22.2. The van der Waals surface area contributed by atoms with Gasteiger partial charge in [-0.25, -0.2) is 9.97 Å². The maximum Gasteiger partial charge on any atom is 0.147 e. The number of imidazole rings is 1. The van der Waals surface area contributed by atoms with Crippen LogP contribution in [-0.2, 0) is 0 Å². The smallest absolute Gasteiger partial charge is 0.147 e. The molecular weight excluding hydrogens is 552 g/mol. The zero-order chi connectivity index (χ0) is 29.9. The van der Waals surface area contributed by atoms with Gasteiger partial charge in [0, 0.05) is 38.5 Å². The Morgan fingerprint density at radius 2 is 1.31 bits per heavy atom. The molecule has 0 amide bonds. The van der Waals surface area contributed by atoms with Crippen LogP contribution in [0.15, 0.2) is 146 Å². The van der Waals surface area contributed by atoms with Gasteiger partial charge in [0.15, 0.2) is 0 Å². The van der Waals surface area contributed by atoms with Crippen LogP contribution in [0.1, 0.15) is 0 Å². The predicted octanol–water partition coefficient (Wildman–Crippen LogP) is 9.91. The number of nitrogens with one attached hydrogen (secondary N) is 1. The summed E-state index contributed by atoms with van der Waals surface area (Å²) in [6.07, 6.45) is 0. The minimum atomic E-state index is 0.163. The average molecular weight is 579 g/mol. The quantitative estimate of drug-likeness (QED) is 0.218. The zero-order valence-corrected chi connectivity index (χ0v) is 24.1. The van der Waals surface area contributed by atoms with Gasteiger partial charge in [0.2, 0.25) is 0 Å². The molecule has 9 rings (SSSR count). The number of fused-ring (bicyclic) bond motifs is 5. The summed E-state index contributed by atoms with van der Waals surface area (Å²) in [5.74, 6) is 0.999. The van der Waals surface area contributed by atoms with Crippen LogP contribution < -0.4 is 0 Å². The molecule has 0 fully saturated rings. The fourth-order valence-corrected chi connectivity index (χ4v) is 6.54. The summed E-state index contributed by atoms with van der Waals surface area (Å²) in [6.45, 7) is 0. The van der Waals surface area contributed by atoms with Crippen molar-refractivity contribution in [1.29, 1.82) is 0 Å². The number of benzene rings is 6. The van der Waals surface area contributed by atoms with Crippen molar-refractivity contribution in [3.05, 3.63) is 146 Å². The summed E-state index contributed by atoms with van der Waals surface area (Å²) in [6, 6.07) is 49.6. The molecule has 5 heteroatoms. The van der Waals surface area contributed by atoms with Crippen LogP contribution >= 0.6 is 0 Å². The summed E-state index contributed by atoms with van der Waals surface area (Å²) in [7, 11) is 0. The molecule has 0 aliphatic rings. The van der Waals surface area contributed by atoms with Crippen molar-refractivity contribution >= 4 is 43.7 Å². The summed E-state index contributed by atoms with van der Waals surface area (Å²) >= 11 is 0. The first-order valence-corrected chi connectivity index (χ1v) is 15.0. The Balaban J connectivity index is 1.35. The first kappa shape index (κ1) is 25.3. The van der Waals surface area contributed by atoms with Crippen LogP contribution in [0.25, 0.3) is 83.2 Å². The van der Waals surface area contributed by atoms with Crippen molar-refractivity contribution < 1.29 is 5.11 Å². The highest BCUT2D eigenvalue weighted by molar-refractivity contribution is 6.12. The number of pyridine rings is 1. The van der Waals surface area contributed by atoms with E-state index in [0.29, 0.717) is 5.52 Å². The molecular formula is C40H26N4O. The van der Waals surface area contributed by atoms with E-state index >= 15 is 0 Å². The van der Waals surface area contributed by atoms with Gasteiger partial charge in [-0.3, -0.25) is 4.57 Å². The molecule has 9 aromatic rings. The fraction of sp³-hybridized carbons (Fsp3) is 0. The monoisotopic (exact) mass is 578 g/mol. The third-order valence-electron chi connectivity index (χ3n) is 8.65. The molecule has 212 valence electrons. The molecule has 2 N–H and O–H groups in total. The highest BCUT2D eigenvalue weighted by Crippen LogP contribution is 2.39. The van der Waals surface area contributed by atoms with Crippen LogP contribution in [0.4, 0.5) is 0 Å². The van der Waals surface area contributed by atoms with Crippen LogP contribution in [0.5, 0.6) is 5.75 Å². The summed E-state index contributed by atoms with van der Waals surface area (Å²) < 4.78 is 2.25. The predicted molar refractivity (Wildman–Crippen MR) is 184 cm³/mol. The van der Waals surface area contributed by atoms with E-state index in [4.69, 9.17) is 9.97 Å². The number of rotatable bonds is 4. The van der Waals surface area contributed by atoms with Crippen molar-refractivity contribution in [2.45, 2.75) is 0 Å². The lowest BCUT2D eigenvalue weighted by molar-refractivity contribution is 0.480. The lowest BCUT2D eigenvalue weighted by Crippen LogP contribution is -1.98. The number of aromatic amines is 1. The molecule has 0 radical (unpaired) electrons. The Bertz CT molecular complexity index is 2560. The molecule has 0 aliphatic heterocycles. The van der Waals surface area contributed by atoms with E-state index in [1.165, 1.54) is 5.39 Å². The zero-order valence-electron chi connectivity index (χ0n) is 24.1. The van der Waals surface area contributed by atoms with Gasteiger partial charge < -0.3 is 10.1 Å². The third-order valence-corrected chi connectivity index (χ3v) is 8.65. The largest absolute Gasteiger partial charge is 0.506 e. The van der Waals surface area contributed by atoms with Gasteiger partial charge >= 0.3 is 0 Å². The molecule has 45 heavy (non-hydrogen) atoms. The SMILES string of the molecule is Oc1cccc2ccc(-c3cccc4c3nc(-c3cccc5c3[nH]c3ccccc35)n4-c3cccc(-c4ccccc4)c3)nc12. The lowest BCUT2D eigenvalue weighted by Gasteiger charge is -2.12. The molecule has 6 aromatic carbocycles. The van der Waals surface area contributed by atoms with E-state index in [-0.39, 0.29) is 5.75 Å². The second kappa shape index (κ2) is 9.93. The van der Waals surface area contributed by atoms with Crippen molar-refractivity contribution in [1.82, 2.24) is 19.5 Å². The van der Waals surface area contributed by atoms with Gasteiger partial charge in [0.05, 0.1) is 22.2 Å². The molecule has 3 heterocycles. The Morgan fingerprint density at radius 1 is 0.556 bits per heavy atom. The minimum Gasteiger partial charge on any atom is -0.506 e. The standard InChI is InChI=1S/C40H26N4O/c45-36-21-7-12-26-22-23-34(41-37(26)36)31-17-9-20-35-39(31)43-40(32-18-8-16-30-29-15-4-5-19-33(29)42-38(30)32)44(35)28-14-6-13-27(24-28)25-10-2-1-3-11-25/h1-24,42,45H. The molecule has 0 saturated carbocycles. The second-order valence-corrected chi connectivity index (χ2v) is 11.3. The molecule has 0 atom stereocenters. The van der Waals surface area contributed by atoms with Gasteiger partial charge in [-0.05, 0) is 53.6 Å². The maximum absolute atomic E-state index is 10.6.